The predicted molar refractivity (Wildman–Crippen MR) is 138 cm³/mol. The number of hydrogen-bond acceptors (Lipinski definition) is 7. The number of amides is 4. The Morgan fingerprint density at radius 3 is 2.19 bits per heavy atom. The summed E-state index contributed by atoms with van der Waals surface area (Å²) in [4.78, 5) is 51.1. The van der Waals surface area contributed by atoms with E-state index in [-0.39, 0.29) is 31.1 Å². The molecule has 0 saturated heterocycles. The second-order valence-corrected chi connectivity index (χ2v) is 10.7. The number of aliphatic hydroxyl groups is 1. The van der Waals surface area contributed by atoms with Crippen molar-refractivity contribution in [1.82, 2.24) is 15.5 Å². The van der Waals surface area contributed by atoms with Gasteiger partial charge in [0.15, 0.2) is 0 Å². The molecule has 4 N–H and O–H groups in total. The van der Waals surface area contributed by atoms with Crippen molar-refractivity contribution in [2.24, 2.45) is 11.8 Å². The van der Waals surface area contributed by atoms with Gasteiger partial charge in [0.2, 0.25) is 11.8 Å². The molecule has 1 aromatic carbocycles. The molecule has 1 fully saturated rings. The van der Waals surface area contributed by atoms with Crippen molar-refractivity contribution in [3.63, 3.8) is 0 Å². The fourth-order valence-electron chi connectivity index (χ4n) is 3.56. The number of carbonyl (C=O) groups excluding carboxylic acids is 4. The number of benzene rings is 1. The minimum Gasteiger partial charge on any atom is -0.445 e. The Hall–Kier alpha value is -3.34. The van der Waals surface area contributed by atoms with Crippen LogP contribution in [0.4, 0.5) is 15.3 Å². The van der Waals surface area contributed by atoms with Crippen LogP contribution in [-0.2, 0) is 25.7 Å². The Kier molecular flexibility index (Phi) is 10.3. The van der Waals surface area contributed by atoms with Gasteiger partial charge in [0, 0.05) is 31.3 Å². The number of nitrogens with one attached hydrogen (secondary N) is 3. The lowest BCUT2D eigenvalue weighted by Gasteiger charge is -2.26. The van der Waals surface area contributed by atoms with Gasteiger partial charge >= 0.3 is 12.2 Å². The summed E-state index contributed by atoms with van der Waals surface area (Å²) in [5.41, 5.74) is 0.543. The average Bonchev–Trinajstić information content (AvgIpc) is 3.59. The molecule has 4 atom stereocenters. The number of alkyl carbamates (subject to hydrolysis) is 1. The van der Waals surface area contributed by atoms with Gasteiger partial charge in [-0.05, 0) is 57.7 Å². The van der Waals surface area contributed by atoms with Gasteiger partial charge in [0.1, 0.15) is 24.3 Å². The third kappa shape index (κ3) is 9.56. The van der Waals surface area contributed by atoms with E-state index in [0.717, 1.165) is 12.0 Å². The van der Waals surface area contributed by atoms with Crippen LogP contribution >= 0.6 is 0 Å². The van der Waals surface area contributed by atoms with E-state index < -0.39 is 41.7 Å². The Morgan fingerprint density at radius 1 is 1.05 bits per heavy atom. The second-order valence-electron chi connectivity index (χ2n) is 10.7. The molecular weight excluding hydrogens is 480 g/mol. The normalized spacial score (nSPS) is 18.3. The number of carbonyl (C=O) groups is 4. The molecule has 4 amide bonds. The molecule has 0 aromatic heterocycles. The molecule has 37 heavy (non-hydrogen) atoms. The molecule has 0 unspecified atom stereocenters. The van der Waals surface area contributed by atoms with E-state index in [4.69, 9.17) is 14.6 Å². The number of ether oxygens (including phenoxy) is 2. The molecule has 11 nitrogen and oxygen atoms in total. The van der Waals surface area contributed by atoms with Gasteiger partial charge < -0.3 is 35.4 Å². The van der Waals surface area contributed by atoms with Gasteiger partial charge in [0.05, 0.1) is 0 Å². The van der Waals surface area contributed by atoms with Crippen LogP contribution in [0.1, 0.15) is 53.5 Å². The molecule has 1 aromatic rings. The van der Waals surface area contributed by atoms with Crippen LogP contribution < -0.4 is 16.0 Å². The largest absolute Gasteiger partial charge is 0.445 e. The van der Waals surface area contributed by atoms with Crippen molar-refractivity contribution in [3.8, 4) is 0 Å². The first-order chi connectivity index (χ1) is 17.2. The molecule has 0 aliphatic heterocycles. The highest BCUT2D eigenvalue weighted by atomic mass is 16.6. The molecule has 0 radical (unpaired) electrons. The summed E-state index contributed by atoms with van der Waals surface area (Å²) < 4.78 is 10.5. The molecule has 1 saturated carbocycles. The summed E-state index contributed by atoms with van der Waals surface area (Å²) in [6.45, 7) is 10.4. The van der Waals surface area contributed by atoms with Gasteiger partial charge in [-0.1, -0.05) is 26.0 Å². The van der Waals surface area contributed by atoms with E-state index in [0.29, 0.717) is 5.69 Å². The summed E-state index contributed by atoms with van der Waals surface area (Å²) >= 11 is 0. The number of hydrogen-bond donors (Lipinski definition) is 4. The molecule has 11 heteroatoms. The fraction of sp³-hybridized carbons (Fsp3) is 0.615. The van der Waals surface area contributed by atoms with Crippen molar-refractivity contribution >= 4 is 29.7 Å². The number of aliphatic hydroxyl groups excluding tert-OH is 1. The van der Waals surface area contributed by atoms with Crippen molar-refractivity contribution in [2.75, 3.05) is 19.0 Å². The van der Waals surface area contributed by atoms with Gasteiger partial charge in [0.25, 0.3) is 0 Å². The second kappa shape index (κ2) is 12.8. The molecule has 0 spiro atoms. The van der Waals surface area contributed by atoms with Gasteiger partial charge in [-0.3, -0.25) is 9.59 Å². The maximum atomic E-state index is 12.7. The van der Waals surface area contributed by atoms with Crippen LogP contribution in [0.5, 0.6) is 0 Å². The lowest BCUT2D eigenvalue weighted by atomic mass is 10.0. The first-order valence-electron chi connectivity index (χ1n) is 12.4. The van der Waals surface area contributed by atoms with E-state index >= 15 is 0 Å². The van der Waals surface area contributed by atoms with Crippen LogP contribution in [0, 0.1) is 11.8 Å². The lowest BCUT2D eigenvalue weighted by molar-refractivity contribution is -0.128. The standard InChI is InChI=1S/C26H40N4O7/c1-15(2)21(29-24(34)37-26(4,5)6)23(33)27-16(3)22(32)28-19-10-8-17(9-11-19)14-36-25(35)30(7)20-12-18(20)13-31/h8-11,15-16,18,20-21,31H,12-14H2,1-7H3,(H,27,33)(H,28,32)(H,29,34)/t16-,18+,20+,21-/m0/s1. The zero-order chi connectivity index (χ0) is 27.9. The van der Waals surface area contributed by atoms with E-state index in [1.165, 1.54) is 4.90 Å². The van der Waals surface area contributed by atoms with Gasteiger partial charge in [-0.2, -0.15) is 0 Å². The third-order valence-corrected chi connectivity index (χ3v) is 5.86. The van der Waals surface area contributed by atoms with Crippen LogP contribution in [0.15, 0.2) is 24.3 Å². The van der Waals surface area contributed by atoms with Crippen molar-refractivity contribution in [3.05, 3.63) is 29.8 Å². The maximum Gasteiger partial charge on any atom is 0.410 e. The van der Waals surface area contributed by atoms with Crippen molar-refractivity contribution < 1.29 is 33.8 Å². The zero-order valence-corrected chi connectivity index (χ0v) is 22.7. The SMILES string of the molecule is CC(C)[C@H](NC(=O)OC(C)(C)C)C(=O)N[C@@H](C)C(=O)Nc1ccc(COC(=O)N(C)[C@@H]2C[C@@H]2CO)cc1. The minimum absolute atomic E-state index is 0.0153. The molecule has 0 heterocycles. The first-order valence-corrected chi connectivity index (χ1v) is 12.4. The zero-order valence-electron chi connectivity index (χ0n) is 22.7. The summed E-state index contributed by atoms with van der Waals surface area (Å²) in [6, 6.07) is 5.06. The molecular formula is C26H40N4O7. The van der Waals surface area contributed by atoms with Crippen LogP contribution in [-0.4, -0.2) is 71.4 Å². The summed E-state index contributed by atoms with van der Waals surface area (Å²) in [7, 11) is 1.65. The fourth-order valence-corrected chi connectivity index (χ4v) is 3.56. The highest BCUT2D eigenvalue weighted by Crippen LogP contribution is 2.34. The summed E-state index contributed by atoms with van der Waals surface area (Å²) in [5.74, 6) is -1.05. The first kappa shape index (κ1) is 29.9. The predicted octanol–water partition coefficient (Wildman–Crippen LogP) is 2.63. The van der Waals surface area contributed by atoms with E-state index in [9.17, 15) is 19.2 Å². The molecule has 1 aliphatic rings. The van der Waals surface area contributed by atoms with E-state index in [1.54, 1.807) is 72.9 Å². The Morgan fingerprint density at radius 2 is 1.68 bits per heavy atom. The lowest BCUT2D eigenvalue weighted by Crippen LogP contribution is -2.54. The van der Waals surface area contributed by atoms with Gasteiger partial charge in [-0.15, -0.1) is 0 Å². The summed E-state index contributed by atoms with van der Waals surface area (Å²) in [6.07, 6.45) is -0.394. The monoisotopic (exact) mass is 520 g/mol. The van der Waals surface area contributed by atoms with Crippen LogP contribution in [0.3, 0.4) is 0 Å². The van der Waals surface area contributed by atoms with Gasteiger partial charge in [-0.25, -0.2) is 9.59 Å². The third-order valence-electron chi connectivity index (χ3n) is 5.86. The Labute approximate surface area is 218 Å². The topological polar surface area (TPSA) is 146 Å². The van der Waals surface area contributed by atoms with E-state index in [2.05, 4.69) is 16.0 Å². The molecule has 206 valence electrons. The van der Waals surface area contributed by atoms with Crippen LogP contribution in [0.2, 0.25) is 0 Å². The molecule has 2 rings (SSSR count). The highest BCUT2D eigenvalue weighted by molar-refractivity contribution is 5.98. The van der Waals surface area contributed by atoms with Crippen molar-refractivity contribution in [2.45, 2.75) is 78.3 Å². The van der Waals surface area contributed by atoms with Crippen molar-refractivity contribution in [1.29, 1.82) is 0 Å². The summed E-state index contributed by atoms with van der Waals surface area (Å²) in [5, 5.41) is 17.1. The number of nitrogens with zero attached hydrogens (tertiary/aromatic N) is 1. The highest BCUT2D eigenvalue weighted by Gasteiger charge is 2.42. The minimum atomic E-state index is -0.874. The molecule has 0 bridgehead atoms. The van der Waals surface area contributed by atoms with Crippen LogP contribution in [0.25, 0.3) is 0 Å². The quantitative estimate of drug-likeness (QED) is 0.371. The average molecular weight is 521 g/mol. The van der Waals surface area contributed by atoms with E-state index in [1.807, 2.05) is 0 Å². The Bertz CT molecular complexity index is 959. The number of anilines is 1. The smallest absolute Gasteiger partial charge is 0.410 e. The number of rotatable bonds is 10. The Balaban J connectivity index is 1.83. The maximum absolute atomic E-state index is 12.7. The molecule has 1 aliphatic carbocycles.